The first-order valence-electron chi connectivity index (χ1n) is 7.32. The third-order valence-corrected chi connectivity index (χ3v) is 4.82. The van der Waals surface area contributed by atoms with Gasteiger partial charge in [0.1, 0.15) is 0 Å². The van der Waals surface area contributed by atoms with E-state index in [1.165, 1.54) is 18.2 Å². The van der Waals surface area contributed by atoms with Gasteiger partial charge in [-0.3, -0.25) is 10.1 Å². The molecule has 2 aromatic carbocycles. The van der Waals surface area contributed by atoms with Crippen molar-refractivity contribution in [2.24, 2.45) is 0 Å². The molecule has 138 valence electrons. The number of halogens is 1. The number of nitro benzene ring substituents is 1. The van der Waals surface area contributed by atoms with Gasteiger partial charge in [0.2, 0.25) is 10.0 Å². The summed E-state index contributed by atoms with van der Waals surface area (Å²) in [5, 5.41) is 16.2. The van der Waals surface area contributed by atoms with E-state index in [9.17, 15) is 23.3 Å². The van der Waals surface area contributed by atoms with Gasteiger partial charge in [-0.15, -0.1) is 0 Å². The molecule has 3 N–H and O–H groups in total. The summed E-state index contributed by atoms with van der Waals surface area (Å²) in [5.74, 6) is 0. The molecule has 2 amide bonds. The van der Waals surface area contributed by atoms with E-state index in [0.717, 1.165) is 6.07 Å². The van der Waals surface area contributed by atoms with Gasteiger partial charge in [0.15, 0.2) is 0 Å². The number of hydrogen-bond acceptors (Lipinski definition) is 5. The number of hydrogen-bond donors (Lipinski definition) is 3. The van der Waals surface area contributed by atoms with Crippen LogP contribution in [0.25, 0.3) is 0 Å². The lowest BCUT2D eigenvalue weighted by Gasteiger charge is -2.09. The van der Waals surface area contributed by atoms with Crippen LogP contribution in [0.5, 0.6) is 0 Å². The van der Waals surface area contributed by atoms with Gasteiger partial charge >= 0.3 is 6.03 Å². The minimum absolute atomic E-state index is 0.0144. The Morgan fingerprint density at radius 2 is 1.85 bits per heavy atom. The van der Waals surface area contributed by atoms with Crippen molar-refractivity contribution in [3.05, 3.63) is 63.7 Å². The first kappa shape index (κ1) is 19.6. The Labute approximate surface area is 154 Å². The number of urea groups is 1. The van der Waals surface area contributed by atoms with Gasteiger partial charge in [0.05, 0.1) is 9.82 Å². The molecule has 0 bridgehead atoms. The maximum absolute atomic E-state index is 12.1. The molecular weight excluding hydrogens is 384 g/mol. The molecular formula is C15H15ClN4O5S. The SMILES string of the molecule is O=C(NCCNS(=O)(=O)c1cccc([N+](=O)[O-])c1)Nc1cccc(Cl)c1. The van der Waals surface area contributed by atoms with Crippen molar-refractivity contribution in [3.63, 3.8) is 0 Å². The molecule has 0 saturated heterocycles. The van der Waals surface area contributed by atoms with E-state index in [2.05, 4.69) is 15.4 Å². The second-order valence-electron chi connectivity index (χ2n) is 5.04. The minimum atomic E-state index is -3.92. The van der Waals surface area contributed by atoms with Gasteiger partial charge in [-0.25, -0.2) is 17.9 Å². The van der Waals surface area contributed by atoms with Gasteiger partial charge in [0.25, 0.3) is 5.69 Å². The van der Waals surface area contributed by atoms with Gasteiger partial charge in [-0.05, 0) is 24.3 Å². The maximum Gasteiger partial charge on any atom is 0.319 e. The normalized spacial score (nSPS) is 11.0. The number of carbonyl (C=O) groups is 1. The predicted octanol–water partition coefficient (Wildman–Crippen LogP) is 2.35. The second-order valence-corrected chi connectivity index (χ2v) is 7.25. The van der Waals surface area contributed by atoms with Gasteiger partial charge < -0.3 is 10.6 Å². The summed E-state index contributed by atoms with van der Waals surface area (Å²) < 4.78 is 26.5. The Kier molecular flexibility index (Phi) is 6.50. The summed E-state index contributed by atoms with van der Waals surface area (Å²) in [4.78, 5) is 21.5. The molecule has 2 rings (SSSR count). The molecule has 0 saturated carbocycles. The van der Waals surface area contributed by atoms with Crippen LogP contribution >= 0.6 is 11.6 Å². The second kappa shape index (κ2) is 8.61. The molecule has 0 aliphatic heterocycles. The number of non-ortho nitro benzene ring substituents is 1. The lowest BCUT2D eigenvalue weighted by Crippen LogP contribution is -2.36. The highest BCUT2D eigenvalue weighted by Gasteiger charge is 2.17. The van der Waals surface area contributed by atoms with E-state index >= 15 is 0 Å². The maximum atomic E-state index is 12.1. The first-order valence-corrected chi connectivity index (χ1v) is 9.18. The Balaban J connectivity index is 1.84. The zero-order valence-electron chi connectivity index (χ0n) is 13.3. The monoisotopic (exact) mass is 398 g/mol. The molecule has 2 aromatic rings. The van der Waals surface area contributed by atoms with Gasteiger partial charge in [-0.2, -0.15) is 0 Å². The Hall–Kier alpha value is -2.69. The Bertz CT molecular complexity index is 920. The number of nitro groups is 1. The molecule has 0 aliphatic carbocycles. The third-order valence-electron chi connectivity index (χ3n) is 3.12. The van der Waals surface area contributed by atoms with Crippen molar-refractivity contribution in [1.82, 2.24) is 10.0 Å². The third kappa shape index (κ3) is 5.69. The number of anilines is 1. The lowest BCUT2D eigenvalue weighted by molar-refractivity contribution is -0.385. The van der Waals surface area contributed by atoms with E-state index in [0.29, 0.717) is 10.7 Å². The van der Waals surface area contributed by atoms with Crippen LogP contribution in [0.3, 0.4) is 0 Å². The number of carbonyl (C=O) groups excluding carboxylic acids is 1. The molecule has 26 heavy (non-hydrogen) atoms. The summed E-state index contributed by atoms with van der Waals surface area (Å²) in [6.07, 6.45) is 0. The van der Waals surface area contributed by atoms with Crippen molar-refractivity contribution in [2.75, 3.05) is 18.4 Å². The fraction of sp³-hybridized carbons (Fsp3) is 0.133. The lowest BCUT2D eigenvalue weighted by atomic mass is 10.3. The summed E-state index contributed by atoms with van der Waals surface area (Å²) in [5.41, 5.74) is 0.166. The molecule has 0 aromatic heterocycles. The van der Waals surface area contributed by atoms with E-state index in [-0.39, 0.29) is 23.7 Å². The van der Waals surface area contributed by atoms with E-state index in [4.69, 9.17) is 11.6 Å². The number of sulfonamides is 1. The molecule has 0 aliphatic rings. The number of rotatable bonds is 7. The smallest absolute Gasteiger partial charge is 0.319 e. The minimum Gasteiger partial charge on any atom is -0.337 e. The van der Waals surface area contributed by atoms with Crippen LogP contribution < -0.4 is 15.4 Å². The largest absolute Gasteiger partial charge is 0.337 e. The quantitative estimate of drug-likeness (QED) is 0.374. The highest BCUT2D eigenvalue weighted by molar-refractivity contribution is 7.89. The fourth-order valence-corrected chi connectivity index (χ4v) is 3.21. The van der Waals surface area contributed by atoms with Crippen LogP contribution in [-0.2, 0) is 10.0 Å². The van der Waals surface area contributed by atoms with Crippen molar-refractivity contribution >= 4 is 39.0 Å². The van der Waals surface area contributed by atoms with Crippen molar-refractivity contribution in [3.8, 4) is 0 Å². The average molecular weight is 399 g/mol. The fourth-order valence-electron chi connectivity index (χ4n) is 1.95. The van der Waals surface area contributed by atoms with Crippen LogP contribution in [0.15, 0.2) is 53.4 Å². The van der Waals surface area contributed by atoms with E-state index in [1.54, 1.807) is 24.3 Å². The number of benzene rings is 2. The zero-order chi connectivity index (χ0) is 19.2. The van der Waals surface area contributed by atoms with Crippen molar-refractivity contribution < 1.29 is 18.1 Å². The zero-order valence-corrected chi connectivity index (χ0v) is 14.9. The highest BCUT2D eigenvalue weighted by Crippen LogP contribution is 2.17. The van der Waals surface area contributed by atoms with Crippen LogP contribution in [0.2, 0.25) is 5.02 Å². The van der Waals surface area contributed by atoms with Crippen LogP contribution in [0.1, 0.15) is 0 Å². The Morgan fingerprint density at radius 1 is 1.12 bits per heavy atom. The van der Waals surface area contributed by atoms with Gasteiger partial charge in [-0.1, -0.05) is 23.7 Å². The first-order chi connectivity index (χ1) is 12.3. The Morgan fingerprint density at radius 3 is 2.54 bits per heavy atom. The summed E-state index contributed by atoms with van der Waals surface area (Å²) in [7, 11) is -3.92. The molecule has 0 fully saturated rings. The van der Waals surface area contributed by atoms with Crippen molar-refractivity contribution in [1.29, 1.82) is 0 Å². The summed E-state index contributed by atoms with van der Waals surface area (Å²) >= 11 is 5.80. The molecule has 0 unspecified atom stereocenters. The summed E-state index contributed by atoms with van der Waals surface area (Å²) in [6.45, 7) is -0.0749. The van der Waals surface area contributed by atoms with Crippen LogP contribution in [0, 0.1) is 10.1 Å². The van der Waals surface area contributed by atoms with E-state index < -0.39 is 21.0 Å². The summed E-state index contributed by atoms with van der Waals surface area (Å²) in [6, 6.07) is 10.7. The predicted molar refractivity (Wildman–Crippen MR) is 96.8 cm³/mol. The highest BCUT2D eigenvalue weighted by atomic mass is 35.5. The standard InChI is InChI=1S/C15H15ClN4O5S/c16-11-3-1-4-12(9-11)19-15(21)17-7-8-18-26(24,25)14-6-2-5-13(10-14)20(22)23/h1-6,9-10,18H,7-8H2,(H2,17,19,21). The molecule has 0 spiro atoms. The van der Waals surface area contributed by atoms with Gasteiger partial charge in [0, 0.05) is 35.9 Å². The number of nitrogens with zero attached hydrogens (tertiary/aromatic N) is 1. The van der Waals surface area contributed by atoms with Crippen LogP contribution in [-0.4, -0.2) is 32.5 Å². The molecule has 9 nitrogen and oxygen atoms in total. The number of amides is 2. The topological polar surface area (TPSA) is 130 Å². The number of nitrogens with one attached hydrogen (secondary N) is 3. The molecule has 0 radical (unpaired) electrons. The van der Waals surface area contributed by atoms with E-state index in [1.807, 2.05) is 0 Å². The average Bonchev–Trinajstić information content (AvgIpc) is 2.59. The molecule has 11 heteroatoms. The van der Waals surface area contributed by atoms with Crippen LogP contribution in [0.4, 0.5) is 16.2 Å². The molecule has 0 atom stereocenters. The molecule has 0 heterocycles. The van der Waals surface area contributed by atoms with Crippen molar-refractivity contribution in [2.45, 2.75) is 4.90 Å².